The van der Waals surface area contributed by atoms with E-state index < -0.39 is 17.7 Å². The van der Waals surface area contributed by atoms with E-state index >= 15 is 0 Å². The van der Waals surface area contributed by atoms with Crippen LogP contribution in [0.1, 0.15) is 22.8 Å². The SMILES string of the molecule is CCOC(=O)c1cc(N)nc2c(C(F)(F)F)cccc12. The van der Waals surface area contributed by atoms with Crippen molar-refractivity contribution < 1.29 is 22.7 Å². The first kappa shape index (κ1) is 14.1. The van der Waals surface area contributed by atoms with Gasteiger partial charge in [0, 0.05) is 5.39 Å². The van der Waals surface area contributed by atoms with E-state index in [2.05, 4.69) is 4.98 Å². The average molecular weight is 284 g/mol. The van der Waals surface area contributed by atoms with E-state index in [-0.39, 0.29) is 28.9 Å². The summed E-state index contributed by atoms with van der Waals surface area (Å²) >= 11 is 0. The number of aromatic nitrogens is 1. The van der Waals surface area contributed by atoms with Crippen molar-refractivity contribution in [2.75, 3.05) is 12.3 Å². The maximum absolute atomic E-state index is 12.9. The molecule has 2 rings (SSSR count). The van der Waals surface area contributed by atoms with Crippen molar-refractivity contribution in [3.8, 4) is 0 Å². The van der Waals surface area contributed by atoms with Gasteiger partial charge in [-0.2, -0.15) is 13.2 Å². The minimum Gasteiger partial charge on any atom is -0.462 e. The number of hydrogen-bond acceptors (Lipinski definition) is 4. The number of benzene rings is 1. The Labute approximate surface area is 112 Å². The summed E-state index contributed by atoms with van der Waals surface area (Å²) in [4.78, 5) is 15.5. The van der Waals surface area contributed by atoms with Crippen molar-refractivity contribution in [2.45, 2.75) is 13.1 Å². The van der Waals surface area contributed by atoms with Gasteiger partial charge in [-0.15, -0.1) is 0 Å². The number of nitrogens with two attached hydrogens (primary N) is 1. The molecule has 20 heavy (non-hydrogen) atoms. The highest BCUT2D eigenvalue weighted by atomic mass is 19.4. The summed E-state index contributed by atoms with van der Waals surface area (Å²) in [6.45, 7) is 1.72. The van der Waals surface area contributed by atoms with Crippen LogP contribution in [-0.2, 0) is 10.9 Å². The lowest BCUT2D eigenvalue weighted by molar-refractivity contribution is -0.136. The summed E-state index contributed by atoms with van der Waals surface area (Å²) < 4.78 is 43.6. The molecule has 0 spiro atoms. The highest BCUT2D eigenvalue weighted by Gasteiger charge is 2.34. The highest BCUT2D eigenvalue weighted by Crippen LogP contribution is 2.35. The number of fused-ring (bicyclic) bond motifs is 1. The van der Waals surface area contributed by atoms with E-state index in [1.807, 2.05) is 0 Å². The summed E-state index contributed by atoms with van der Waals surface area (Å²) in [7, 11) is 0. The molecule has 0 amide bonds. The van der Waals surface area contributed by atoms with Crippen LogP contribution in [0.4, 0.5) is 19.0 Å². The topological polar surface area (TPSA) is 65.2 Å². The van der Waals surface area contributed by atoms with Crippen LogP contribution in [0.5, 0.6) is 0 Å². The minimum atomic E-state index is -4.58. The third-order valence-corrected chi connectivity index (χ3v) is 2.66. The molecule has 2 aromatic rings. The quantitative estimate of drug-likeness (QED) is 0.861. The number of pyridine rings is 1. The van der Waals surface area contributed by atoms with Crippen molar-refractivity contribution in [1.29, 1.82) is 0 Å². The zero-order valence-electron chi connectivity index (χ0n) is 10.5. The molecule has 0 radical (unpaired) electrons. The Kier molecular flexibility index (Phi) is 3.52. The molecular formula is C13H11F3N2O2. The number of ether oxygens (including phenoxy) is 1. The van der Waals surface area contributed by atoms with Crippen LogP contribution in [0.2, 0.25) is 0 Å². The van der Waals surface area contributed by atoms with E-state index in [0.717, 1.165) is 6.07 Å². The molecule has 1 heterocycles. The van der Waals surface area contributed by atoms with Crippen molar-refractivity contribution in [3.05, 3.63) is 35.4 Å². The maximum atomic E-state index is 12.9. The largest absolute Gasteiger partial charge is 0.462 e. The van der Waals surface area contributed by atoms with Gasteiger partial charge in [-0.25, -0.2) is 9.78 Å². The molecule has 4 nitrogen and oxygen atoms in total. The van der Waals surface area contributed by atoms with Gasteiger partial charge in [-0.1, -0.05) is 12.1 Å². The van der Waals surface area contributed by atoms with Gasteiger partial charge in [0.1, 0.15) is 5.82 Å². The Bertz CT molecular complexity index is 668. The van der Waals surface area contributed by atoms with E-state index in [0.29, 0.717) is 0 Å². The molecule has 0 aliphatic heterocycles. The molecule has 0 unspecified atom stereocenters. The Hall–Kier alpha value is -2.31. The molecule has 0 bridgehead atoms. The zero-order chi connectivity index (χ0) is 14.9. The van der Waals surface area contributed by atoms with E-state index in [1.54, 1.807) is 6.92 Å². The number of carbonyl (C=O) groups is 1. The second-order valence-corrected chi connectivity index (χ2v) is 4.01. The summed E-state index contributed by atoms with van der Waals surface area (Å²) in [6, 6.07) is 4.69. The summed E-state index contributed by atoms with van der Waals surface area (Å²) in [5.41, 5.74) is 4.16. The molecule has 1 aromatic carbocycles. The van der Waals surface area contributed by atoms with Crippen molar-refractivity contribution >= 4 is 22.7 Å². The van der Waals surface area contributed by atoms with Crippen molar-refractivity contribution in [2.24, 2.45) is 0 Å². The number of para-hydroxylation sites is 1. The summed E-state index contributed by atoms with van der Waals surface area (Å²) in [5.74, 6) is -0.900. The van der Waals surface area contributed by atoms with Gasteiger partial charge in [0.25, 0.3) is 0 Å². The van der Waals surface area contributed by atoms with Crippen LogP contribution in [0.25, 0.3) is 10.9 Å². The van der Waals surface area contributed by atoms with Crippen LogP contribution in [-0.4, -0.2) is 17.6 Å². The molecule has 0 saturated carbocycles. The number of halogens is 3. The number of rotatable bonds is 2. The van der Waals surface area contributed by atoms with Gasteiger partial charge < -0.3 is 10.5 Å². The van der Waals surface area contributed by atoms with Gasteiger partial charge in [0.15, 0.2) is 0 Å². The third kappa shape index (κ3) is 2.52. The lowest BCUT2D eigenvalue weighted by Crippen LogP contribution is -2.11. The molecule has 7 heteroatoms. The first-order valence-electron chi connectivity index (χ1n) is 5.78. The second kappa shape index (κ2) is 4.99. The summed E-state index contributed by atoms with van der Waals surface area (Å²) in [6.07, 6.45) is -4.58. The number of nitrogens with zero attached hydrogens (tertiary/aromatic N) is 1. The summed E-state index contributed by atoms with van der Waals surface area (Å²) in [5, 5.41) is 0.0625. The molecule has 106 valence electrons. The van der Waals surface area contributed by atoms with Crippen LogP contribution in [0.3, 0.4) is 0 Å². The Balaban J connectivity index is 2.76. The van der Waals surface area contributed by atoms with Gasteiger partial charge in [0.05, 0.1) is 23.3 Å². The normalized spacial score (nSPS) is 11.6. The number of alkyl halides is 3. The fraction of sp³-hybridized carbons (Fsp3) is 0.231. The predicted molar refractivity (Wildman–Crippen MR) is 67.1 cm³/mol. The van der Waals surface area contributed by atoms with Crippen molar-refractivity contribution in [3.63, 3.8) is 0 Å². The third-order valence-electron chi connectivity index (χ3n) is 2.66. The van der Waals surface area contributed by atoms with Crippen LogP contribution >= 0.6 is 0 Å². The van der Waals surface area contributed by atoms with Gasteiger partial charge in [-0.05, 0) is 19.1 Å². The first-order chi connectivity index (χ1) is 9.34. The highest BCUT2D eigenvalue weighted by molar-refractivity contribution is 6.05. The van der Waals surface area contributed by atoms with Gasteiger partial charge >= 0.3 is 12.1 Å². The molecule has 0 saturated heterocycles. The molecular weight excluding hydrogens is 273 g/mol. The number of esters is 1. The number of anilines is 1. The molecule has 0 fully saturated rings. The zero-order valence-corrected chi connectivity index (χ0v) is 10.5. The minimum absolute atomic E-state index is 0.0274. The predicted octanol–water partition coefficient (Wildman–Crippen LogP) is 3.01. The van der Waals surface area contributed by atoms with Crippen LogP contribution in [0.15, 0.2) is 24.3 Å². The molecule has 2 N–H and O–H groups in total. The van der Waals surface area contributed by atoms with Gasteiger partial charge in [-0.3, -0.25) is 0 Å². The second-order valence-electron chi connectivity index (χ2n) is 4.01. The Morgan fingerprint density at radius 3 is 2.70 bits per heavy atom. The van der Waals surface area contributed by atoms with Gasteiger partial charge in [0.2, 0.25) is 0 Å². The molecule has 0 aliphatic carbocycles. The lowest BCUT2D eigenvalue weighted by atomic mass is 10.0. The average Bonchev–Trinajstić information content (AvgIpc) is 2.36. The lowest BCUT2D eigenvalue weighted by Gasteiger charge is -2.12. The first-order valence-corrected chi connectivity index (χ1v) is 5.78. The fourth-order valence-electron chi connectivity index (χ4n) is 1.87. The van der Waals surface area contributed by atoms with E-state index in [1.165, 1.54) is 18.2 Å². The fourth-order valence-corrected chi connectivity index (χ4v) is 1.87. The monoisotopic (exact) mass is 284 g/mol. The molecule has 0 atom stereocenters. The van der Waals surface area contributed by atoms with Crippen LogP contribution < -0.4 is 5.73 Å². The standard InChI is InChI=1S/C13H11F3N2O2/c1-2-20-12(19)8-6-10(17)18-11-7(8)4-3-5-9(11)13(14,15)16/h3-6H,2H2,1H3,(H2,17,18). The smallest absolute Gasteiger partial charge is 0.418 e. The number of nitrogen functional groups attached to an aromatic ring is 1. The molecule has 0 aliphatic rings. The Morgan fingerprint density at radius 2 is 2.10 bits per heavy atom. The number of carbonyl (C=O) groups excluding carboxylic acids is 1. The van der Waals surface area contributed by atoms with E-state index in [4.69, 9.17) is 10.5 Å². The van der Waals surface area contributed by atoms with Crippen LogP contribution in [0, 0.1) is 0 Å². The van der Waals surface area contributed by atoms with Crippen molar-refractivity contribution in [1.82, 2.24) is 4.98 Å². The maximum Gasteiger partial charge on any atom is 0.418 e. The van der Waals surface area contributed by atoms with E-state index in [9.17, 15) is 18.0 Å². The number of hydrogen-bond donors (Lipinski definition) is 1. The Morgan fingerprint density at radius 1 is 1.40 bits per heavy atom. The molecule has 1 aromatic heterocycles.